The van der Waals surface area contributed by atoms with Crippen molar-refractivity contribution in [3.05, 3.63) is 0 Å². The Morgan fingerprint density at radius 1 is 1.60 bits per heavy atom. The van der Waals surface area contributed by atoms with Crippen LogP contribution in [0.5, 0.6) is 0 Å². The second-order valence-corrected chi connectivity index (χ2v) is 3.45. The van der Waals surface area contributed by atoms with E-state index in [-0.39, 0.29) is 18.1 Å². The number of hydrogen-bond donors (Lipinski definition) is 2. The van der Waals surface area contributed by atoms with E-state index < -0.39 is 6.29 Å². The summed E-state index contributed by atoms with van der Waals surface area (Å²) in [6.07, 6.45) is -0.284. The fraction of sp³-hybridized carbons (Fsp3) is 1.00. The first-order chi connectivity index (χ1) is 4.56. The number of rotatable bonds is 1. The van der Waals surface area contributed by atoms with Crippen LogP contribution < -0.4 is 0 Å². The minimum atomic E-state index is -0.688. The lowest BCUT2D eigenvalue weighted by Gasteiger charge is -2.21. The van der Waals surface area contributed by atoms with Crippen LogP contribution in [-0.4, -0.2) is 29.2 Å². The largest absolute Gasteiger partial charge is 0.394 e. The Hall–Kier alpha value is -0.120. The molecule has 60 valence electrons. The van der Waals surface area contributed by atoms with Crippen molar-refractivity contribution in [2.75, 3.05) is 6.61 Å². The molecule has 0 aliphatic carbocycles. The summed E-state index contributed by atoms with van der Waals surface area (Å²) in [6, 6.07) is 0. The molecule has 3 heteroatoms. The molecule has 2 unspecified atom stereocenters. The second kappa shape index (κ2) is 2.49. The molecular formula is C7H14O3. The molecule has 10 heavy (non-hydrogen) atoms. The summed E-state index contributed by atoms with van der Waals surface area (Å²) in [5, 5.41) is 17.8. The molecule has 0 amide bonds. The minimum Gasteiger partial charge on any atom is -0.394 e. The summed E-state index contributed by atoms with van der Waals surface area (Å²) in [5.41, 5.74) is -0.0891. The Bertz CT molecular complexity index is 122. The van der Waals surface area contributed by atoms with Gasteiger partial charge >= 0.3 is 0 Å². The van der Waals surface area contributed by atoms with Crippen LogP contribution in [0.15, 0.2) is 0 Å². The predicted molar refractivity (Wildman–Crippen MR) is 36.4 cm³/mol. The van der Waals surface area contributed by atoms with Crippen LogP contribution in [0, 0.1) is 5.41 Å². The van der Waals surface area contributed by atoms with E-state index in [0.717, 1.165) is 0 Å². The summed E-state index contributed by atoms with van der Waals surface area (Å²) in [7, 11) is 0. The van der Waals surface area contributed by atoms with Crippen molar-refractivity contribution >= 4 is 0 Å². The third-order valence-electron chi connectivity index (χ3n) is 2.06. The molecule has 0 saturated carbocycles. The van der Waals surface area contributed by atoms with E-state index >= 15 is 0 Å². The lowest BCUT2D eigenvalue weighted by Crippen LogP contribution is -2.27. The average Bonchev–Trinajstić information content (AvgIpc) is 2.04. The normalized spacial score (nSPS) is 38.4. The zero-order valence-electron chi connectivity index (χ0n) is 6.37. The highest BCUT2D eigenvalue weighted by molar-refractivity contribution is 4.85. The molecule has 0 spiro atoms. The predicted octanol–water partition coefficient (Wildman–Crippen LogP) is 0.112. The fourth-order valence-electron chi connectivity index (χ4n) is 1.29. The summed E-state index contributed by atoms with van der Waals surface area (Å²) in [4.78, 5) is 0. The van der Waals surface area contributed by atoms with Crippen molar-refractivity contribution in [2.24, 2.45) is 5.41 Å². The van der Waals surface area contributed by atoms with Gasteiger partial charge < -0.3 is 14.9 Å². The van der Waals surface area contributed by atoms with Gasteiger partial charge in [-0.05, 0) is 5.41 Å². The van der Waals surface area contributed by atoms with E-state index in [1.165, 1.54) is 0 Å². The van der Waals surface area contributed by atoms with Crippen molar-refractivity contribution in [2.45, 2.75) is 32.7 Å². The fourth-order valence-corrected chi connectivity index (χ4v) is 1.29. The van der Waals surface area contributed by atoms with Crippen LogP contribution in [0.25, 0.3) is 0 Å². The van der Waals surface area contributed by atoms with Crippen molar-refractivity contribution in [3.8, 4) is 0 Å². The van der Waals surface area contributed by atoms with Crippen LogP contribution >= 0.6 is 0 Å². The molecule has 1 fully saturated rings. The smallest absolute Gasteiger partial charge is 0.155 e. The Kier molecular flexibility index (Phi) is 1.99. The number of hydrogen-bond acceptors (Lipinski definition) is 3. The molecular weight excluding hydrogens is 132 g/mol. The monoisotopic (exact) mass is 146 g/mol. The van der Waals surface area contributed by atoms with Crippen LogP contribution in [0.4, 0.5) is 0 Å². The molecule has 3 nitrogen and oxygen atoms in total. The third-order valence-corrected chi connectivity index (χ3v) is 2.06. The molecule has 0 bridgehead atoms. The zero-order valence-corrected chi connectivity index (χ0v) is 6.37. The van der Waals surface area contributed by atoms with Crippen molar-refractivity contribution in [1.82, 2.24) is 0 Å². The van der Waals surface area contributed by atoms with Gasteiger partial charge in [0, 0.05) is 6.42 Å². The topological polar surface area (TPSA) is 49.7 Å². The van der Waals surface area contributed by atoms with E-state index in [9.17, 15) is 0 Å². The maximum absolute atomic E-state index is 9.03. The average molecular weight is 146 g/mol. The van der Waals surface area contributed by atoms with Crippen LogP contribution in [0.1, 0.15) is 20.3 Å². The van der Waals surface area contributed by atoms with Gasteiger partial charge in [0.25, 0.3) is 0 Å². The molecule has 1 aliphatic rings. The Morgan fingerprint density at radius 2 is 2.20 bits per heavy atom. The van der Waals surface area contributed by atoms with E-state index in [1.54, 1.807) is 0 Å². The first-order valence-electron chi connectivity index (χ1n) is 3.50. The molecule has 1 saturated heterocycles. The number of aliphatic hydroxyl groups excluding tert-OH is 2. The Labute approximate surface area is 60.6 Å². The van der Waals surface area contributed by atoms with Gasteiger partial charge in [-0.2, -0.15) is 0 Å². The molecule has 0 aromatic heterocycles. The van der Waals surface area contributed by atoms with E-state index in [1.807, 2.05) is 13.8 Å². The van der Waals surface area contributed by atoms with Gasteiger partial charge in [0.1, 0.15) is 0 Å². The standard InChI is InChI=1S/C7H14O3/c1-7(2)3-6(9)10-5(7)4-8/h5-6,8-9H,3-4H2,1-2H3. The maximum Gasteiger partial charge on any atom is 0.155 e. The summed E-state index contributed by atoms with van der Waals surface area (Å²) < 4.78 is 5.03. The van der Waals surface area contributed by atoms with E-state index in [0.29, 0.717) is 6.42 Å². The molecule has 1 rings (SSSR count). The SMILES string of the molecule is CC1(C)CC(O)OC1CO. The van der Waals surface area contributed by atoms with E-state index in [4.69, 9.17) is 14.9 Å². The summed E-state index contributed by atoms with van der Waals surface area (Å²) in [6.45, 7) is 3.94. The van der Waals surface area contributed by atoms with E-state index in [2.05, 4.69) is 0 Å². The Balaban J connectivity index is 2.58. The molecule has 0 radical (unpaired) electrons. The second-order valence-electron chi connectivity index (χ2n) is 3.45. The molecule has 0 aromatic rings. The number of aliphatic hydroxyl groups is 2. The lowest BCUT2D eigenvalue weighted by atomic mass is 9.86. The first kappa shape index (κ1) is 7.98. The molecule has 1 heterocycles. The van der Waals surface area contributed by atoms with Gasteiger partial charge in [0.05, 0.1) is 12.7 Å². The van der Waals surface area contributed by atoms with Gasteiger partial charge in [0.15, 0.2) is 6.29 Å². The summed E-state index contributed by atoms with van der Waals surface area (Å²) in [5.74, 6) is 0. The van der Waals surface area contributed by atoms with Gasteiger partial charge in [0.2, 0.25) is 0 Å². The van der Waals surface area contributed by atoms with Gasteiger partial charge in [-0.15, -0.1) is 0 Å². The molecule has 2 atom stereocenters. The van der Waals surface area contributed by atoms with Crippen molar-refractivity contribution < 1.29 is 14.9 Å². The van der Waals surface area contributed by atoms with Crippen molar-refractivity contribution in [3.63, 3.8) is 0 Å². The van der Waals surface area contributed by atoms with Gasteiger partial charge in [-0.3, -0.25) is 0 Å². The quantitative estimate of drug-likeness (QED) is 0.552. The highest BCUT2D eigenvalue weighted by atomic mass is 16.6. The van der Waals surface area contributed by atoms with Gasteiger partial charge in [-0.1, -0.05) is 13.8 Å². The lowest BCUT2D eigenvalue weighted by molar-refractivity contribution is -0.107. The maximum atomic E-state index is 9.03. The highest BCUT2D eigenvalue weighted by Gasteiger charge is 2.40. The van der Waals surface area contributed by atoms with Crippen LogP contribution in [0.2, 0.25) is 0 Å². The van der Waals surface area contributed by atoms with Crippen LogP contribution in [-0.2, 0) is 4.74 Å². The third kappa shape index (κ3) is 1.31. The summed E-state index contributed by atoms with van der Waals surface area (Å²) >= 11 is 0. The molecule has 2 N–H and O–H groups in total. The minimum absolute atomic E-state index is 0.00986. The number of ether oxygens (including phenoxy) is 1. The molecule has 0 aromatic carbocycles. The highest BCUT2D eigenvalue weighted by Crippen LogP contribution is 2.36. The first-order valence-corrected chi connectivity index (χ1v) is 3.50. The zero-order chi connectivity index (χ0) is 7.78. The van der Waals surface area contributed by atoms with Crippen LogP contribution in [0.3, 0.4) is 0 Å². The Morgan fingerprint density at radius 3 is 2.40 bits per heavy atom. The van der Waals surface area contributed by atoms with Crippen molar-refractivity contribution in [1.29, 1.82) is 0 Å². The van der Waals surface area contributed by atoms with Gasteiger partial charge in [-0.25, -0.2) is 0 Å². The molecule has 1 aliphatic heterocycles.